The zero-order valence-electron chi connectivity index (χ0n) is 11.6. The molecule has 1 aliphatic rings. The maximum absolute atomic E-state index is 3.48. The van der Waals surface area contributed by atoms with Crippen LogP contribution in [-0.2, 0) is 0 Å². The van der Waals surface area contributed by atoms with Crippen LogP contribution >= 0.6 is 0 Å². The predicted molar refractivity (Wildman–Crippen MR) is 71.8 cm³/mol. The summed E-state index contributed by atoms with van der Waals surface area (Å²) in [7, 11) is 0. The number of piperidine rings is 1. The highest BCUT2D eigenvalue weighted by Gasteiger charge is 2.25. The van der Waals surface area contributed by atoms with Crippen molar-refractivity contribution >= 4 is 0 Å². The minimum absolute atomic E-state index is 0.801. The summed E-state index contributed by atoms with van der Waals surface area (Å²) >= 11 is 0. The SMILES string of the molecule is CCNCC1CCN(C(CC)C(C)C)CC1. The standard InChI is InChI=1S/C14H30N2/c1-5-14(12(3)4)16-9-7-13(8-10-16)11-15-6-2/h12-15H,5-11H2,1-4H3. The molecule has 1 unspecified atom stereocenters. The van der Waals surface area contributed by atoms with Gasteiger partial charge in [0.05, 0.1) is 0 Å². The molecular formula is C14H30N2. The van der Waals surface area contributed by atoms with Gasteiger partial charge in [0.2, 0.25) is 0 Å². The van der Waals surface area contributed by atoms with Gasteiger partial charge in [-0.2, -0.15) is 0 Å². The summed E-state index contributed by atoms with van der Waals surface area (Å²) in [6.45, 7) is 14.2. The van der Waals surface area contributed by atoms with Crippen LogP contribution in [0, 0.1) is 11.8 Å². The lowest BCUT2D eigenvalue weighted by Crippen LogP contribution is -2.45. The summed E-state index contributed by atoms with van der Waals surface area (Å²) in [4.78, 5) is 2.72. The van der Waals surface area contributed by atoms with Gasteiger partial charge in [-0.1, -0.05) is 27.7 Å². The second kappa shape index (κ2) is 7.29. The topological polar surface area (TPSA) is 15.3 Å². The van der Waals surface area contributed by atoms with E-state index in [1.54, 1.807) is 0 Å². The molecule has 0 spiro atoms. The first-order valence-corrected chi connectivity index (χ1v) is 7.13. The molecule has 0 amide bonds. The number of hydrogen-bond donors (Lipinski definition) is 1. The minimum Gasteiger partial charge on any atom is -0.317 e. The molecule has 2 nitrogen and oxygen atoms in total. The largest absolute Gasteiger partial charge is 0.317 e. The number of rotatable bonds is 6. The van der Waals surface area contributed by atoms with Crippen LogP contribution < -0.4 is 5.32 Å². The monoisotopic (exact) mass is 226 g/mol. The summed E-state index contributed by atoms with van der Waals surface area (Å²) in [5.41, 5.74) is 0. The van der Waals surface area contributed by atoms with E-state index in [4.69, 9.17) is 0 Å². The maximum Gasteiger partial charge on any atom is 0.0116 e. The Bertz CT molecular complexity index is 172. The van der Waals surface area contributed by atoms with Gasteiger partial charge in [0.15, 0.2) is 0 Å². The molecule has 0 aromatic carbocycles. The third kappa shape index (κ3) is 4.06. The summed E-state index contributed by atoms with van der Waals surface area (Å²) < 4.78 is 0. The molecule has 2 heteroatoms. The molecule has 1 fully saturated rings. The van der Waals surface area contributed by atoms with Crippen molar-refractivity contribution < 1.29 is 0 Å². The predicted octanol–water partition coefficient (Wildman–Crippen LogP) is 2.74. The molecule has 0 aromatic rings. The number of hydrogen-bond acceptors (Lipinski definition) is 2. The second-order valence-electron chi connectivity index (χ2n) is 5.51. The molecule has 0 aliphatic carbocycles. The van der Waals surface area contributed by atoms with Crippen molar-refractivity contribution in [2.24, 2.45) is 11.8 Å². The molecule has 96 valence electrons. The fourth-order valence-electron chi connectivity index (χ4n) is 2.99. The fraction of sp³-hybridized carbons (Fsp3) is 1.00. The highest BCUT2D eigenvalue weighted by molar-refractivity contribution is 4.80. The van der Waals surface area contributed by atoms with E-state index in [1.807, 2.05) is 0 Å². The van der Waals surface area contributed by atoms with Crippen LogP contribution in [0.2, 0.25) is 0 Å². The Hall–Kier alpha value is -0.0800. The van der Waals surface area contributed by atoms with Gasteiger partial charge in [-0.3, -0.25) is 0 Å². The molecule has 1 atom stereocenters. The van der Waals surface area contributed by atoms with E-state index >= 15 is 0 Å². The Labute approximate surface area is 102 Å². The summed E-state index contributed by atoms with van der Waals surface area (Å²) in [6, 6.07) is 0.806. The first kappa shape index (κ1) is 14.0. The van der Waals surface area contributed by atoms with Crippen molar-refractivity contribution in [3.8, 4) is 0 Å². The molecule has 0 bridgehead atoms. The van der Waals surface area contributed by atoms with Crippen LogP contribution in [0.4, 0.5) is 0 Å². The molecule has 1 rings (SSSR count). The van der Waals surface area contributed by atoms with E-state index < -0.39 is 0 Å². The van der Waals surface area contributed by atoms with Gasteiger partial charge < -0.3 is 10.2 Å². The van der Waals surface area contributed by atoms with Crippen molar-refractivity contribution in [2.75, 3.05) is 26.2 Å². The van der Waals surface area contributed by atoms with E-state index in [0.29, 0.717) is 0 Å². The molecule has 1 N–H and O–H groups in total. The number of nitrogens with zero attached hydrogens (tertiary/aromatic N) is 1. The maximum atomic E-state index is 3.48. The van der Waals surface area contributed by atoms with Gasteiger partial charge in [0.1, 0.15) is 0 Å². The van der Waals surface area contributed by atoms with Crippen LogP contribution in [0.5, 0.6) is 0 Å². The van der Waals surface area contributed by atoms with E-state index in [0.717, 1.165) is 24.4 Å². The lowest BCUT2D eigenvalue weighted by Gasteiger charge is -2.39. The Kier molecular flexibility index (Phi) is 6.37. The Morgan fingerprint density at radius 2 is 1.81 bits per heavy atom. The van der Waals surface area contributed by atoms with Crippen molar-refractivity contribution in [1.82, 2.24) is 10.2 Å². The zero-order chi connectivity index (χ0) is 12.0. The smallest absolute Gasteiger partial charge is 0.0116 e. The van der Waals surface area contributed by atoms with E-state index in [-0.39, 0.29) is 0 Å². The summed E-state index contributed by atoms with van der Waals surface area (Å²) in [5.74, 6) is 1.72. The van der Waals surface area contributed by atoms with Gasteiger partial charge in [-0.15, -0.1) is 0 Å². The van der Waals surface area contributed by atoms with Gasteiger partial charge in [-0.25, -0.2) is 0 Å². The molecule has 16 heavy (non-hydrogen) atoms. The van der Waals surface area contributed by atoms with Crippen molar-refractivity contribution in [3.05, 3.63) is 0 Å². The van der Waals surface area contributed by atoms with Crippen molar-refractivity contribution in [2.45, 2.75) is 53.0 Å². The minimum atomic E-state index is 0.801. The molecule has 1 heterocycles. The molecule has 1 aliphatic heterocycles. The lowest BCUT2D eigenvalue weighted by atomic mass is 9.92. The summed E-state index contributed by atoms with van der Waals surface area (Å²) in [6.07, 6.45) is 4.07. The van der Waals surface area contributed by atoms with E-state index in [2.05, 4.69) is 37.9 Å². The van der Waals surface area contributed by atoms with E-state index in [1.165, 1.54) is 38.9 Å². The van der Waals surface area contributed by atoms with Crippen LogP contribution in [-0.4, -0.2) is 37.1 Å². The van der Waals surface area contributed by atoms with Gasteiger partial charge in [0.25, 0.3) is 0 Å². The molecule has 0 radical (unpaired) electrons. The van der Waals surface area contributed by atoms with Crippen LogP contribution in [0.1, 0.15) is 47.0 Å². The van der Waals surface area contributed by atoms with Crippen LogP contribution in [0.3, 0.4) is 0 Å². The fourth-order valence-corrected chi connectivity index (χ4v) is 2.99. The molecule has 1 saturated heterocycles. The van der Waals surface area contributed by atoms with Crippen molar-refractivity contribution in [1.29, 1.82) is 0 Å². The zero-order valence-corrected chi connectivity index (χ0v) is 11.6. The van der Waals surface area contributed by atoms with Crippen LogP contribution in [0.15, 0.2) is 0 Å². The van der Waals surface area contributed by atoms with Gasteiger partial charge >= 0.3 is 0 Å². The second-order valence-corrected chi connectivity index (χ2v) is 5.51. The normalized spacial score (nSPS) is 21.6. The average molecular weight is 226 g/mol. The average Bonchev–Trinajstić information content (AvgIpc) is 2.28. The van der Waals surface area contributed by atoms with Gasteiger partial charge in [0, 0.05) is 6.04 Å². The third-order valence-electron chi connectivity index (χ3n) is 3.99. The molecule has 0 saturated carbocycles. The Morgan fingerprint density at radius 1 is 1.19 bits per heavy atom. The highest BCUT2D eigenvalue weighted by atomic mass is 15.2. The Balaban J connectivity index is 2.30. The van der Waals surface area contributed by atoms with Crippen LogP contribution in [0.25, 0.3) is 0 Å². The number of nitrogens with one attached hydrogen (secondary N) is 1. The quantitative estimate of drug-likeness (QED) is 0.749. The van der Waals surface area contributed by atoms with Crippen molar-refractivity contribution in [3.63, 3.8) is 0 Å². The first-order chi connectivity index (χ1) is 7.69. The lowest BCUT2D eigenvalue weighted by molar-refractivity contribution is 0.101. The number of likely N-dealkylation sites (tertiary alicyclic amines) is 1. The third-order valence-corrected chi connectivity index (χ3v) is 3.99. The van der Waals surface area contributed by atoms with E-state index in [9.17, 15) is 0 Å². The van der Waals surface area contributed by atoms with Gasteiger partial charge in [-0.05, 0) is 57.3 Å². The molecular weight excluding hydrogens is 196 g/mol. The summed E-state index contributed by atoms with van der Waals surface area (Å²) in [5, 5.41) is 3.48. The first-order valence-electron chi connectivity index (χ1n) is 7.13. The Morgan fingerprint density at radius 3 is 2.25 bits per heavy atom. The highest BCUT2D eigenvalue weighted by Crippen LogP contribution is 2.22. The molecule has 0 aromatic heterocycles.